The fourth-order valence-electron chi connectivity index (χ4n) is 2.94. The van der Waals surface area contributed by atoms with Crippen LogP contribution in [0.1, 0.15) is 6.92 Å². The lowest BCUT2D eigenvalue weighted by Crippen LogP contribution is -2.44. The van der Waals surface area contributed by atoms with Gasteiger partial charge in [-0.25, -0.2) is 4.98 Å². The minimum Gasteiger partial charge on any atom is -0.476 e. The number of aromatic nitrogens is 3. The van der Waals surface area contributed by atoms with Crippen molar-refractivity contribution < 1.29 is 4.74 Å². The number of H-pyrrole nitrogens is 1. The zero-order valence-corrected chi connectivity index (χ0v) is 14.5. The molecule has 0 aliphatic carbocycles. The number of hydrogen-bond donors (Lipinski definition) is 2. The summed E-state index contributed by atoms with van der Waals surface area (Å²) < 4.78 is 6.81. The van der Waals surface area contributed by atoms with E-state index in [0.717, 1.165) is 58.5 Å². The van der Waals surface area contributed by atoms with Crippen LogP contribution in [0, 0.1) is 0 Å². The summed E-state index contributed by atoms with van der Waals surface area (Å²) in [5.41, 5.74) is 2.81. The van der Waals surface area contributed by atoms with Crippen LogP contribution in [0.2, 0.25) is 0 Å². The van der Waals surface area contributed by atoms with Gasteiger partial charge in [-0.1, -0.05) is 15.9 Å². The number of halogens is 1. The molecule has 23 heavy (non-hydrogen) atoms. The van der Waals surface area contributed by atoms with Crippen molar-refractivity contribution >= 4 is 43.8 Å². The molecular weight excluding hydrogens is 358 g/mol. The molecule has 2 aromatic heterocycles. The average molecular weight is 376 g/mol. The second-order valence-corrected chi connectivity index (χ2v) is 6.45. The Kier molecular flexibility index (Phi) is 3.82. The molecule has 0 atom stereocenters. The van der Waals surface area contributed by atoms with Crippen molar-refractivity contribution in [3.63, 3.8) is 0 Å². The van der Waals surface area contributed by atoms with Crippen LogP contribution in [0.15, 0.2) is 22.7 Å². The van der Waals surface area contributed by atoms with E-state index in [1.54, 1.807) is 0 Å². The molecular formula is C16H18BrN5O. The van der Waals surface area contributed by atoms with Crippen LogP contribution >= 0.6 is 15.9 Å². The average Bonchev–Trinajstić information content (AvgIpc) is 2.94. The first kappa shape index (κ1) is 14.7. The highest BCUT2D eigenvalue weighted by Gasteiger charge is 2.19. The zero-order chi connectivity index (χ0) is 15.8. The van der Waals surface area contributed by atoms with Gasteiger partial charge in [0, 0.05) is 41.6 Å². The summed E-state index contributed by atoms with van der Waals surface area (Å²) in [6.45, 7) is 6.26. The third-order valence-electron chi connectivity index (χ3n) is 4.04. The van der Waals surface area contributed by atoms with E-state index in [1.165, 1.54) is 0 Å². The number of fused-ring (bicyclic) bond motifs is 3. The maximum atomic E-state index is 5.77. The molecule has 3 aromatic rings. The third-order valence-corrected chi connectivity index (χ3v) is 4.53. The lowest BCUT2D eigenvalue weighted by Gasteiger charge is -2.27. The second-order valence-electron chi connectivity index (χ2n) is 5.54. The van der Waals surface area contributed by atoms with Gasteiger partial charge in [0.2, 0.25) is 11.8 Å². The lowest BCUT2D eigenvalue weighted by atomic mass is 10.2. The zero-order valence-electron chi connectivity index (χ0n) is 12.9. The highest BCUT2D eigenvalue weighted by Crippen LogP contribution is 2.32. The van der Waals surface area contributed by atoms with Crippen molar-refractivity contribution in [2.75, 3.05) is 37.7 Å². The second kappa shape index (κ2) is 5.98. The van der Waals surface area contributed by atoms with E-state index in [0.29, 0.717) is 12.5 Å². The van der Waals surface area contributed by atoms with Crippen molar-refractivity contribution in [3.8, 4) is 5.88 Å². The van der Waals surface area contributed by atoms with Crippen LogP contribution in [0.25, 0.3) is 21.9 Å². The molecule has 0 spiro atoms. The van der Waals surface area contributed by atoms with Crippen molar-refractivity contribution in [1.82, 2.24) is 20.3 Å². The molecule has 0 amide bonds. The largest absolute Gasteiger partial charge is 0.476 e. The normalized spacial score (nSPS) is 15.5. The summed E-state index contributed by atoms with van der Waals surface area (Å²) in [5, 5.41) is 4.43. The summed E-state index contributed by atoms with van der Waals surface area (Å²) in [5.74, 6) is 1.36. The maximum absolute atomic E-state index is 5.77. The quantitative estimate of drug-likeness (QED) is 0.736. The highest BCUT2D eigenvalue weighted by molar-refractivity contribution is 9.10. The molecule has 0 bridgehead atoms. The van der Waals surface area contributed by atoms with Gasteiger partial charge in [0.25, 0.3) is 0 Å². The maximum Gasteiger partial charge on any atom is 0.243 e. The molecule has 6 nitrogen and oxygen atoms in total. The smallest absolute Gasteiger partial charge is 0.243 e. The first-order chi connectivity index (χ1) is 11.3. The van der Waals surface area contributed by atoms with Crippen molar-refractivity contribution in [2.45, 2.75) is 6.92 Å². The SMILES string of the molecule is CCOc1nc(N2CCNCC2)nc2c1[nH]c1ccc(Br)cc12. The van der Waals surface area contributed by atoms with Gasteiger partial charge in [0.15, 0.2) is 0 Å². The standard InChI is InChI=1S/C16H18BrN5O/c1-2-23-15-14-13(11-9-10(17)3-4-12(11)19-14)20-16(21-15)22-7-5-18-6-8-22/h3-4,9,18-19H,2,5-8H2,1H3. The Morgan fingerprint density at radius 2 is 2.09 bits per heavy atom. The van der Waals surface area contributed by atoms with E-state index < -0.39 is 0 Å². The molecule has 1 aliphatic rings. The van der Waals surface area contributed by atoms with Gasteiger partial charge in [-0.2, -0.15) is 4.98 Å². The van der Waals surface area contributed by atoms with Gasteiger partial charge < -0.3 is 19.9 Å². The molecule has 2 N–H and O–H groups in total. The third kappa shape index (κ3) is 2.64. The minimum absolute atomic E-state index is 0.576. The molecule has 3 heterocycles. The number of aromatic amines is 1. The molecule has 1 aliphatic heterocycles. The topological polar surface area (TPSA) is 66.1 Å². The van der Waals surface area contributed by atoms with Crippen molar-refractivity contribution in [2.24, 2.45) is 0 Å². The van der Waals surface area contributed by atoms with Crippen molar-refractivity contribution in [1.29, 1.82) is 0 Å². The van der Waals surface area contributed by atoms with Gasteiger partial charge in [0.05, 0.1) is 6.61 Å². The molecule has 0 unspecified atom stereocenters. The van der Waals surface area contributed by atoms with Gasteiger partial charge in [-0.3, -0.25) is 0 Å². The minimum atomic E-state index is 0.576. The molecule has 7 heteroatoms. The Morgan fingerprint density at radius 3 is 2.87 bits per heavy atom. The first-order valence-electron chi connectivity index (χ1n) is 7.83. The molecule has 0 radical (unpaired) electrons. The predicted molar refractivity (Wildman–Crippen MR) is 95.3 cm³/mol. The number of hydrogen-bond acceptors (Lipinski definition) is 5. The summed E-state index contributed by atoms with van der Waals surface area (Å²) in [7, 11) is 0. The van der Waals surface area contributed by atoms with Crippen molar-refractivity contribution in [3.05, 3.63) is 22.7 Å². The Morgan fingerprint density at radius 1 is 1.26 bits per heavy atom. The summed E-state index contributed by atoms with van der Waals surface area (Å²) >= 11 is 3.54. The number of nitrogens with zero attached hydrogens (tertiary/aromatic N) is 3. The Balaban J connectivity index is 1.94. The fourth-order valence-corrected chi connectivity index (χ4v) is 3.30. The first-order valence-corrected chi connectivity index (χ1v) is 8.63. The number of piperazine rings is 1. The van der Waals surface area contributed by atoms with Crippen LogP contribution < -0.4 is 15.0 Å². The van der Waals surface area contributed by atoms with Gasteiger partial charge in [-0.05, 0) is 25.1 Å². The molecule has 1 aromatic carbocycles. The van der Waals surface area contributed by atoms with E-state index in [9.17, 15) is 0 Å². The number of ether oxygens (including phenoxy) is 1. The summed E-state index contributed by atoms with van der Waals surface area (Å²) in [6, 6.07) is 6.14. The van der Waals surface area contributed by atoms with Crippen LogP contribution in [0.5, 0.6) is 5.88 Å². The fraction of sp³-hybridized carbons (Fsp3) is 0.375. The van der Waals surface area contributed by atoms with E-state index in [4.69, 9.17) is 9.72 Å². The molecule has 1 fully saturated rings. The number of benzene rings is 1. The van der Waals surface area contributed by atoms with Gasteiger partial charge in [-0.15, -0.1) is 0 Å². The molecule has 4 rings (SSSR count). The van der Waals surface area contributed by atoms with Gasteiger partial charge >= 0.3 is 0 Å². The van der Waals surface area contributed by atoms with E-state index in [2.05, 4.69) is 42.2 Å². The predicted octanol–water partition coefficient (Wildman–Crippen LogP) is 2.68. The van der Waals surface area contributed by atoms with Crippen LogP contribution in [-0.4, -0.2) is 47.7 Å². The van der Waals surface area contributed by atoms with E-state index >= 15 is 0 Å². The number of nitrogens with one attached hydrogen (secondary N) is 2. The summed E-state index contributed by atoms with van der Waals surface area (Å²) in [4.78, 5) is 15.1. The van der Waals surface area contributed by atoms with Gasteiger partial charge in [0.1, 0.15) is 11.0 Å². The lowest BCUT2D eigenvalue weighted by molar-refractivity contribution is 0.330. The number of rotatable bonds is 3. The van der Waals surface area contributed by atoms with Crippen LogP contribution in [-0.2, 0) is 0 Å². The molecule has 0 saturated carbocycles. The number of anilines is 1. The van der Waals surface area contributed by atoms with Crippen LogP contribution in [0.4, 0.5) is 5.95 Å². The summed E-state index contributed by atoms with van der Waals surface area (Å²) in [6.07, 6.45) is 0. The monoisotopic (exact) mass is 375 g/mol. The molecule has 1 saturated heterocycles. The highest BCUT2D eigenvalue weighted by atomic mass is 79.9. The van der Waals surface area contributed by atoms with Crippen LogP contribution in [0.3, 0.4) is 0 Å². The Labute approximate surface area is 142 Å². The van der Waals surface area contributed by atoms with E-state index in [1.807, 2.05) is 19.1 Å². The Hall–Kier alpha value is -1.86. The Bertz CT molecular complexity index is 856. The molecule has 120 valence electrons. The van der Waals surface area contributed by atoms with E-state index in [-0.39, 0.29) is 0 Å².